The summed E-state index contributed by atoms with van der Waals surface area (Å²) in [5, 5.41) is 22.9. The standard InChI is InChI=1S/C19H19ClN8/c1-10-18-12(6-13(20)7-15(18)27-25-10)9-22-19-21-5-4-16(24-19)23-17-8-14(26-28-17)11-2-3-11/h4-8,11H,2-3,9H2,1H3,(H,25,27)(H3,21,22,23,24,26,28). The predicted octanol–water partition coefficient (Wildman–Crippen LogP) is 4.27. The molecule has 3 aromatic heterocycles. The van der Waals surface area contributed by atoms with Crippen molar-refractivity contribution in [1.29, 1.82) is 0 Å². The van der Waals surface area contributed by atoms with E-state index in [1.54, 1.807) is 6.20 Å². The van der Waals surface area contributed by atoms with Crippen LogP contribution in [0, 0.1) is 6.92 Å². The van der Waals surface area contributed by atoms with E-state index in [2.05, 4.69) is 41.0 Å². The van der Waals surface area contributed by atoms with Crippen molar-refractivity contribution in [2.24, 2.45) is 0 Å². The van der Waals surface area contributed by atoms with Gasteiger partial charge in [0.25, 0.3) is 0 Å². The number of halogens is 1. The Morgan fingerprint density at radius 2 is 2.04 bits per heavy atom. The first-order chi connectivity index (χ1) is 13.7. The second-order valence-corrected chi connectivity index (χ2v) is 7.46. The molecule has 4 N–H and O–H groups in total. The highest BCUT2D eigenvalue weighted by molar-refractivity contribution is 6.31. The van der Waals surface area contributed by atoms with Gasteiger partial charge in [0.05, 0.1) is 11.2 Å². The first-order valence-corrected chi connectivity index (χ1v) is 9.56. The fourth-order valence-corrected chi connectivity index (χ4v) is 3.58. The predicted molar refractivity (Wildman–Crippen MR) is 109 cm³/mol. The molecule has 9 heteroatoms. The van der Waals surface area contributed by atoms with E-state index in [0.29, 0.717) is 29.3 Å². The number of fused-ring (bicyclic) bond motifs is 1. The van der Waals surface area contributed by atoms with E-state index < -0.39 is 0 Å². The molecule has 1 aliphatic carbocycles. The van der Waals surface area contributed by atoms with Crippen molar-refractivity contribution in [3.63, 3.8) is 0 Å². The van der Waals surface area contributed by atoms with Gasteiger partial charge in [-0.1, -0.05) is 11.6 Å². The van der Waals surface area contributed by atoms with Crippen molar-refractivity contribution in [2.45, 2.75) is 32.2 Å². The number of nitrogens with one attached hydrogen (secondary N) is 4. The van der Waals surface area contributed by atoms with Gasteiger partial charge in [0, 0.05) is 40.8 Å². The maximum atomic E-state index is 6.23. The van der Waals surface area contributed by atoms with Crippen molar-refractivity contribution in [1.82, 2.24) is 30.4 Å². The molecule has 8 nitrogen and oxygen atoms in total. The van der Waals surface area contributed by atoms with Crippen LogP contribution >= 0.6 is 11.6 Å². The van der Waals surface area contributed by atoms with Gasteiger partial charge in [-0.05, 0) is 43.5 Å². The number of hydrogen-bond donors (Lipinski definition) is 4. The molecule has 0 spiro atoms. The van der Waals surface area contributed by atoms with Gasteiger partial charge in [0.2, 0.25) is 5.95 Å². The molecule has 5 rings (SSSR count). The van der Waals surface area contributed by atoms with E-state index in [-0.39, 0.29) is 0 Å². The zero-order valence-corrected chi connectivity index (χ0v) is 16.0. The molecular weight excluding hydrogens is 376 g/mol. The van der Waals surface area contributed by atoms with Gasteiger partial charge in [0.15, 0.2) is 5.82 Å². The molecule has 0 amide bonds. The summed E-state index contributed by atoms with van der Waals surface area (Å²) in [6.45, 7) is 2.51. The number of benzene rings is 1. The molecule has 0 atom stereocenters. The zero-order valence-electron chi connectivity index (χ0n) is 15.3. The lowest BCUT2D eigenvalue weighted by atomic mass is 10.1. The molecule has 4 aromatic rings. The summed E-state index contributed by atoms with van der Waals surface area (Å²) >= 11 is 6.23. The molecule has 142 valence electrons. The molecule has 0 saturated heterocycles. The molecular formula is C19H19ClN8. The summed E-state index contributed by atoms with van der Waals surface area (Å²) in [5.41, 5.74) is 4.07. The van der Waals surface area contributed by atoms with E-state index in [0.717, 1.165) is 28.0 Å². The monoisotopic (exact) mass is 394 g/mol. The summed E-state index contributed by atoms with van der Waals surface area (Å²) in [4.78, 5) is 8.83. The summed E-state index contributed by atoms with van der Waals surface area (Å²) in [6, 6.07) is 7.66. The molecule has 28 heavy (non-hydrogen) atoms. The Balaban J connectivity index is 1.32. The van der Waals surface area contributed by atoms with Gasteiger partial charge in [0.1, 0.15) is 5.82 Å². The maximum absolute atomic E-state index is 6.23. The number of rotatable bonds is 6. The minimum Gasteiger partial charge on any atom is -0.350 e. The van der Waals surface area contributed by atoms with E-state index in [9.17, 15) is 0 Å². The Bertz CT molecular complexity index is 1140. The second-order valence-electron chi connectivity index (χ2n) is 7.02. The first-order valence-electron chi connectivity index (χ1n) is 9.18. The number of aromatic amines is 2. The highest BCUT2D eigenvalue weighted by Crippen LogP contribution is 2.39. The minimum atomic E-state index is 0.525. The zero-order chi connectivity index (χ0) is 19.1. The number of hydrogen-bond acceptors (Lipinski definition) is 6. The van der Waals surface area contributed by atoms with Gasteiger partial charge in [-0.2, -0.15) is 15.2 Å². The van der Waals surface area contributed by atoms with E-state index in [1.165, 1.54) is 18.5 Å². The van der Waals surface area contributed by atoms with Gasteiger partial charge >= 0.3 is 0 Å². The van der Waals surface area contributed by atoms with Crippen molar-refractivity contribution in [3.05, 3.63) is 52.4 Å². The third kappa shape index (κ3) is 3.38. The fraction of sp³-hybridized carbons (Fsp3) is 0.263. The second kappa shape index (κ2) is 6.79. The Morgan fingerprint density at radius 1 is 1.14 bits per heavy atom. The van der Waals surface area contributed by atoms with Crippen molar-refractivity contribution < 1.29 is 0 Å². The third-order valence-corrected chi connectivity index (χ3v) is 5.07. The van der Waals surface area contributed by atoms with Gasteiger partial charge in [-0.25, -0.2) is 4.98 Å². The molecule has 1 aliphatic rings. The van der Waals surface area contributed by atoms with E-state index in [1.807, 2.05) is 31.2 Å². The summed E-state index contributed by atoms with van der Waals surface area (Å²) < 4.78 is 0. The molecule has 3 heterocycles. The highest BCUT2D eigenvalue weighted by Gasteiger charge is 2.25. The SMILES string of the molecule is Cc1n[nH]c2cc(Cl)cc(CNc3nccc(Nc4cc(C5CC5)[nH]n4)n3)c12. The van der Waals surface area contributed by atoms with Crippen LogP contribution < -0.4 is 10.6 Å². The number of nitrogens with zero attached hydrogens (tertiary/aromatic N) is 4. The summed E-state index contributed by atoms with van der Waals surface area (Å²) in [7, 11) is 0. The minimum absolute atomic E-state index is 0.525. The number of aromatic nitrogens is 6. The van der Waals surface area contributed by atoms with E-state index >= 15 is 0 Å². The van der Waals surface area contributed by atoms with Crippen molar-refractivity contribution >= 4 is 40.1 Å². The van der Waals surface area contributed by atoms with Gasteiger partial charge < -0.3 is 10.6 Å². The molecule has 1 aromatic carbocycles. The molecule has 1 saturated carbocycles. The van der Waals surface area contributed by atoms with Crippen molar-refractivity contribution in [3.8, 4) is 0 Å². The van der Waals surface area contributed by atoms with Crippen LogP contribution in [0.4, 0.5) is 17.6 Å². The average molecular weight is 395 g/mol. The van der Waals surface area contributed by atoms with Gasteiger partial charge in [-0.15, -0.1) is 0 Å². The van der Waals surface area contributed by atoms with Crippen LogP contribution in [-0.4, -0.2) is 30.4 Å². The lowest BCUT2D eigenvalue weighted by Gasteiger charge is -2.09. The Hall–Kier alpha value is -3.13. The fourth-order valence-electron chi connectivity index (χ4n) is 3.34. The lowest BCUT2D eigenvalue weighted by molar-refractivity contribution is 0.966. The van der Waals surface area contributed by atoms with Crippen LogP contribution in [0.25, 0.3) is 10.9 Å². The number of aryl methyl sites for hydroxylation is 1. The first kappa shape index (κ1) is 17.0. The summed E-state index contributed by atoms with van der Waals surface area (Å²) in [5.74, 6) is 2.60. The van der Waals surface area contributed by atoms with Crippen LogP contribution in [0.3, 0.4) is 0 Å². The van der Waals surface area contributed by atoms with Crippen LogP contribution in [0.2, 0.25) is 5.02 Å². The maximum Gasteiger partial charge on any atom is 0.224 e. The largest absolute Gasteiger partial charge is 0.350 e. The molecule has 0 aliphatic heterocycles. The van der Waals surface area contributed by atoms with Crippen LogP contribution in [0.5, 0.6) is 0 Å². The molecule has 0 radical (unpaired) electrons. The van der Waals surface area contributed by atoms with Crippen molar-refractivity contribution in [2.75, 3.05) is 10.6 Å². The summed E-state index contributed by atoms with van der Waals surface area (Å²) in [6.07, 6.45) is 4.18. The quantitative estimate of drug-likeness (QED) is 0.389. The molecule has 1 fully saturated rings. The highest BCUT2D eigenvalue weighted by atomic mass is 35.5. The smallest absolute Gasteiger partial charge is 0.224 e. The molecule has 0 bridgehead atoms. The van der Waals surface area contributed by atoms with Crippen LogP contribution in [0.15, 0.2) is 30.5 Å². The average Bonchev–Trinajstić information content (AvgIpc) is 3.33. The van der Waals surface area contributed by atoms with E-state index in [4.69, 9.17) is 11.6 Å². The third-order valence-electron chi connectivity index (χ3n) is 4.85. The normalized spacial score (nSPS) is 13.8. The number of H-pyrrole nitrogens is 2. The molecule has 0 unspecified atom stereocenters. The van der Waals surface area contributed by atoms with Crippen LogP contribution in [0.1, 0.15) is 35.7 Å². The lowest BCUT2D eigenvalue weighted by Crippen LogP contribution is -2.05. The topological polar surface area (TPSA) is 107 Å². The Labute approximate surface area is 166 Å². The number of anilines is 3. The Kier molecular flexibility index (Phi) is 4.12. The Morgan fingerprint density at radius 3 is 2.89 bits per heavy atom. The van der Waals surface area contributed by atoms with Crippen LogP contribution in [-0.2, 0) is 6.54 Å². The van der Waals surface area contributed by atoms with Gasteiger partial charge in [-0.3, -0.25) is 10.2 Å².